The summed E-state index contributed by atoms with van der Waals surface area (Å²) in [6.07, 6.45) is -2.45. The van der Waals surface area contributed by atoms with Gasteiger partial charge in [-0.2, -0.15) is 0 Å². The minimum Gasteiger partial charge on any atom is -0.371 e. The Morgan fingerprint density at radius 3 is 2.29 bits per heavy atom. The molecule has 0 unspecified atom stereocenters. The zero-order valence-electron chi connectivity index (χ0n) is 17.7. The van der Waals surface area contributed by atoms with Crippen molar-refractivity contribution in [3.05, 3.63) is 82.2 Å². The Labute approximate surface area is 181 Å². The van der Waals surface area contributed by atoms with E-state index in [1.54, 1.807) is 0 Å². The summed E-state index contributed by atoms with van der Waals surface area (Å²) in [6, 6.07) is 19.7. The molecule has 2 aliphatic rings. The Kier molecular flexibility index (Phi) is 6.87. The van der Waals surface area contributed by atoms with E-state index in [2.05, 4.69) is 10.0 Å². The first-order chi connectivity index (χ1) is 15.1. The first kappa shape index (κ1) is 21.8. The van der Waals surface area contributed by atoms with Crippen LogP contribution in [0.2, 0.25) is 0 Å². The van der Waals surface area contributed by atoms with Gasteiger partial charge >= 0.3 is 0 Å². The largest absolute Gasteiger partial charge is 0.371 e. The summed E-state index contributed by atoms with van der Waals surface area (Å²) < 4.78 is 30.6. The molecular weight excluding hydrogens is 398 g/mol. The first-order valence-corrected chi connectivity index (χ1v) is 10.4. The highest BCUT2D eigenvalue weighted by Gasteiger charge is 2.57. The Balaban J connectivity index is 1.51. The van der Waals surface area contributed by atoms with Crippen LogP contribution < -0.4 is 0 Å². The smallest absolute Gasteiger partial charge is 0.190 e. The molecule has 8 heteroatoms. The topological polar surface area (TPSA) is 94.9 Å². The molecule has 2 aromatic carbocycles. The van der Waals surface area contributed by atoms with Gasteiger partial charge in [0.1, 0.15) is 18.3 Å². The zero-order chi connectivity index (χ0) is 21.7. The zero-order valence-corrected chi connectivity index (χ0v) is 17.7. The van der Waals surface area contributed by atoms with E-state index in [1.807, 2.05) is 74.5 Å². The van der Waals surface area contributed by atoms with E-state index in [0.29, 0.717) is 13.2 Å². The molecule has 2 aromatic rings. The molecule has 0 aliphatic carbocycles. The van der Waals surface area contributed by atoms with Crippen LogP contribution in [-0.2, 0) is 36.9 Å². The molecule has 0 aromatic heterocycles. The van der Waals surface area contributed by atoms with Crippen LogP contribution in [0.15, 0.2) is 65.8 Å². The van der Waals surface area contributed by atoms with E-state index in [1.165, 1.54) is 0 Å². The predicted octanol–water partition coefficient (Wildman–Crippen LogP) is 4.34. The van der Waals surface area contributed by atoms with Gasteiger partial charge in [0.15, 0.2) is 12.1 Å². The summed E-state index contributed by atoms with van der Waals surface area (Å²) in [7, 11) is 0. The molecular formula is C23H27N3O5. The summed E-state index contributed by atoms with van der Waals surface area (Å²) >= 11 is 0. The highest BCUT2D eigenvalue weighted by atomic mass is 16.8. The van der Waals surface area contributed by atoms with Crippen molar-refractivity contribution < 1.29 is 23.7 Å². The number of hydrogen-bond donors (Lipinski definition) is 0. The van der Waals surface area contributed by atoms with Crippen LogP contribution in [0.5, 0.6) is 0 Å². The number of fused-ring (bicyclic) bond motifs is 1. The molecule has 2 saturated heterocycles. The fourth-order valence-electron chi connectivity index (χ4n) is 3.91. The lowest BCUT2D eigenvalue weighted by Crippen LogP contribution is -2.44. The number of rotatable bonds is 9. The molecule has 0 bridgehead atoms. The lowest BCUT2D eigenvalue weighted by molar-refractivity contribution is -0.233. The molecule has 0 amide bonds. The van der Waals surface area contributed by atoms with Crippen molar-refractivity contribution in [1.29, 1.82) is 0 Å². The SMILES string of the molecule is CC1(C)O[C@H]2O[C@H]([C@@H](CN=[N+]=[N-])OCc3ccccc3)[C@@H](OCc3ccccc3)[C@H]2O1. The maximum atomic E-state index is 8.87. The third-order valence-electron chi connectivity index (χ3n) is 5.31. The van der Waals surface area contributed by atoms with Gasteiger partial charge in [0.2, 0.25) is 0 Å². The Bertz CT molecular complexity index is 889. The van der Waals surface area contributed by atoms with Crippen molar-refractivity contribution in [3.8, 4) is 0 Å². The van der Waals surface area contributed by atoms with E-state index in [4.69, 9.17) is 29.2 Å². The van der Waals surface area contributed by atoms with E-state index in [0.717, 1.165) is 11.1 Å². The second-order valence-electron chi connectivity index (χ2n) is 8.08. The first-order valence-electron chi connectivity index (χ1n) is 10.4. The van der Waals surface area contributed by atoms with Gasteiger partial charge in [0.25, 0.3) is 0 Å². The van der Waals surface area contributed by atoms with Crippen molar-refractivity contribution in [2.45, 2.75) is 63.6 Å². The maximum Gasteiger partial charge on any atom is 0.190 e. The number of ether oxygens (including phenoxy) is 5. The van der Waals surface area contributed by atoms with Gasteiger partial charge in [-0.3, -0.25) is 0 Å². The molecule has 4 rings (SSSR count). The van der Waals surface area contributed by atoms with Crippen molar-refractivity contribution in [1.82, 2.24) is 0 Å². The molecule has 5 atom stereocenters. The average Bonchev–Trinajstić information content (AvgIpc) is 3.25. The van der Waals surface area contributed by atoms with Gasteiger partial charge in [-0.25, -0.2) is 0 Å². The molecule has 2 heterocycles. The van der Waals surface area contributed by atoms with Gasteiger partial charge in [-0.05, 0) is 30.5 Å². The fourth-order valence-corrected chi connectivity index (χ4v) is 3.91. The van der Waals surface area contributed by atoms with Gasteiger partial charge in [-0.1, -0.05) is 65.8 Å². The summed E-state index contributed by atoms with van der Waals surface area (Å²) in [4.78, 5) is 2.90. The summed E-state index contributed by atoms with van der Waals surface area (Å²) in [5.41, 5.74) is 10.9. The number of azide groups is 1. The highest BCUT2D eigenvalue weighted by Crippen LogP contribution is 2.40. The molecule has 31 heavy (non-hydrogen) atoms. The highest BCUT2D eigenvalue weighted by molar-refractivity contribution is 5.14. The molecule has 2 fully saturated rings. The van der Waals surface area contributed by atoms with Crippen LogP contribution in [0.25, 0.3) is 10.4 Å². The summed E-state index contributed by atoms with van der Waals surface area (Å²) in [5, 5.41) is 3.74. The van der Waals surface area contributed by atoms with Crippen molar-refractivity contribution in [2.75, 3.05) is 6.54 Å². The molecule has 0 saturated carbocycles. The maximum absolute atomic E-state index is 8.87. The van der Waals surface area contributed by atoms with E-state index >= 15 is 0 Å². The standard InChI is InChI=1S/C23H27N3O5/c1-23(2)30-21-20(28-15-17-11-7-4-8-12-17)19(29-22(21)31-23)18(13-25-26-24)27-14-16-9-5-3-6-10-16/h3-12,18-22H,13-15H2,1-2H3/t18-,19-,20-,21-,22-/m1/s1. The third kappa shape index (κ3) is 5.43. The van der Waals surface area contributed by atoms with Gasteiger partial charge in [0.05, 0.1) is 25.9 Å². The minimum atomic E-state index is -0.764. The Hall–Kier alpha value is -2.45. The molecule has 164 valence electrons. The number of hydrogen-bond acceptors (Lipinski definition) is 6. The van der Waals surface area contributed by atoms with Crippen molar-refractivity contribution in [3.63, 3.8) is 0 Å². The average molecular weight is 425 g/mol. The molecule has 0 spiro atoms. The number of benzene rings is 2. The van der Waals surface area contributed by atoms with Crippen LogP contribution in [0, 0.1) is 0 Å². The number of nitrogens with zero attached hydrogens (tertiary/aromatic N) is 3. The van der Waals surface area contributed by atoms with E-state index < -0.39 is 36.5 Å². The lowest BCUT2D eigenvalue weighted by Gasteiger charge is -2.30. The summed E-state index contributed by atoms with van der Waals surface area (Å²) in [5.74, 6) is -0.764. The van der Waals surface area contributed by atoms with Crippen LogP contribution in [-0.4, -0.2) is 43.0 Å². The molecule has 0 N–H and O–H groups in total. The van der Waals surface area contributed by atoms with Gasteiger partial charge in [0, 0.05) is 4.91 Å². The quantitative estimate of drug-likeness (QED) is 0.338. The third-order valence-corrected chi connectivity index (χ3v) is 5.31. The Morgan fingerprint density at radius 1 is 1.00 bits per heavy atom. The van der Waals surface area contributed by atoms with Crippen molar-refractivity contribution >= 4 is 0 Å². The minimum absolute atomic E-state index is 0.113. The molecule has 0 radical (unpaired) electrons. The van der Waals surface area contributed by atoms with E-state index in [-0.39, 0.29) is 6.54 Å². The van der Waals surface area contributed by atoms with Crippen LogP contribution in [0.4, 0.5) is 0 Å². The molecule has 2 aliphatic heterocycles. The lowest BCUT2D eigenvalue weighted by atomic mass is 10.0. The van der Waals surface area contributed by atoms with Crippen LogP contribution in [0.3, 0.4) is 0 Å². The van der Waals surface area contributed by atoms with Crippen LogP contribution >= 0.6 is 0 Å². The van der Waals surface area contributed by atoms with Crippen LogP contribution in [0.1, 0.15) is 25.0 Å². The summed E-state index contributed by atoms with van der Waals surface area (Å²) in [6.45, 7) is 4.57. The fraction of sp³-hybridized carbons (Fsp3) is 0.478. The second kappa shape index (κ2) is 9.78. The normalized spacial score (nSPS) is 27.4. The van der Waals surface area contributed by atoms with E-state index in [9.17, 15) is 0 Å². The van der Waals surface area contributed by atoms with Crippen molar-refractivity contribution in [2.24, 2.45) is 5.11 Å². The predicted molar refractivity (Wildman–Crippen MR) is 113 cm³/mol. The Morgan fingerprint density at radius 2 is 1.65 bits per heavy atom. The van der Waals surface area contributed by atoms with Gasteiger partial charge in [-0.15, -0.1) is 0 Å². The van der Waals surface area contributed by atoms with Gasteiger partial charge < -0.3 is 23.7 Å². The molecule has 8 nitrogen and oxygen atoms in total. The second-order valence-corrected chi connectivity index (χ2v) is 8.08. The monoisotopic (exact) mass is 425 g/mol.